The second-order valence-corrected chi connectivity index (χ2v) is 4.74. The Bertz CT molecular complexity index is 400. The van der Waals surface area contributed by atoms with Gasteiger partial charge >= 0.3 is 5.97 Å². The highest BCUT2D eigenvalue weighted by atomic mass is 16.4. The minimum Gasteiger partial charge on any atom is -0.478 e. The first-order chi connectivity index (χ1) is 7.61. The number of hydrogen-bond donors (Lipinski definition) is 2. The summed E-state index contributed by atoms with van der Waals surface area (Å²) < 4.78 is 0. The zero-order valence-electron chi connectivity index (χ0n) is 9.36. The van der Waals surface area contributed by atoms with E-state index in [1.165, 1.54) is 25.5 Å². The molecule has 1 saturated carbocycles. The van der Waals surface area contributed by atoms with Gasteiger partial charge in [-0.2, -0.15) is 0 Å². The number of hydrogen-bond acceptors (Lipinski definition) is 3. The standard InChI is InChI=1S/C12H16N2O2/c1-12(4-2-5-12)8-14-10-3-6-13-7-9(10)11(15)16/h3,6-7H,2,4-5,8H2,1H3,(H,13,14)(H,15,16). The van der Waals surface area contributed by atoms with Gasteiger partial charge in [0.25, 0.3) is 0 Å². The van der Waals surface area contributed by atoms with Crippen LogP contribution >= 0.6 is 0 Å². The SMILES string of the molecule is CC1(CNc2ccncc2C(=O)O)CCC1. The molecule has 0 atom stereocenters. The lowest BCUT2D eigenvalue weighted by Gasteiger charge is -2.38. The molecule has 2 rings (SSSR count). The van der Waals surface area contributed by atoms with E-state index in [9.17, 15) is 4.79 Å². The molecule has 0 bridgehead atoms. The van der Waals surface area contributed by atoms with Crippen LogP contribution in [0.4, 0.5) is 5.69 Å². The molecule has 0 amide bonds. The van der Waals surface area contributed by atoms with Crippen LogP contribution in [0.25, 0.3) is 0 Å². The molecular formula is C12H16N2O2. The lowest BCUT2D eigenvalue weighted by atomic mass is 9.70. The number of nitrogens with zero attached hydrogens (tertiary/aromatic N) is 1. The molecule has 1 aromatic rings. The van der Waals surface area contributed by atoms with Gasteiger partial charge in [-0.05, 0) is 24.3 Å². The number of anilines is 1. The van der Waals surface area contributed by atoms with Crippen molar-refractivity contribution < 1.29 is 9.90 Å². The first kappa shape index (κ1) is 10.9. The average Bonchev–Trinajstić information content (AvgIpc) is 2.24. The van der Waals surface area contributed by atoms with Gasteiger partial charge in [-0.15, -0.1) is 0 Å². The minimum absolute atomic E-state index is 0.241. The Kier molecular flexibility index (Phi) is 2.81. The fraction of sp³-hybridized carbons (Fsp3) is 0.500. The fourth-order valence-corrected chi connectivity index (χ4v) is 1.98. The first-order valence-electron chi connectivity index (χ1n) is 5.52. The number of pyridine rings is 1. The summed E-state index contributed by atoms with van der Waals surface area (Å²) in [6.07, 6.45) is 6.70. The molecule has 0 radical (unpaired) electrons. The normalized spacial score (nSPS) is 17.6. The maximum atomic E-state index is 10.9. The molecule has 0 aliphatic heterocycles. The van der Waals surface area contributed by atoms with E-state index in [1.807, 2.05) is 0 Å². The van der Waals surface area contributed by atoms with Crippen LogP contribution in [0, 0.1) is 5.41 Å². The van der Waals surface area contributed by atoms with Crippen LogP contribution in [0.3, 0.4) is 0 Å². The summed E-state index contributed by atoms with van der Waals surface area (Å²) in [6, 6.07) is 1.71. The van der Waals surface area contributed by atoms with Crippen LogP contribution < -0.4 is 5.32 Å². The highest BCUT2D eigenvalue weighted by Gasteiger charge is 2.31. The lowest BCUT2D eigenvalue weighted by Crippen LogP contribution is -2.33. The largest absolute Gasteiger partial charge is 0.478 e. The smallest absolute Gasteiger partial charge is 0.339 e. The number of rotatable bonds is 4. The number of nitrogens with one attached hydrogen (secondary N) is 1. The zero-order chi connectivity index (χ0) is 11.6. The Morgan fingerprint density at radius 1 is 1.62 bits per heavy atom. The quantitative estimate of drug-likeness (QED) is 0.817. The third-order valence-electron chi connectivity index (χ3n) is 3.32. The van der Waals surface area contributed by atoms with Crippen molar-refractivity contribution >= 4 is 11.7 Å². The molecule has 0 spiro atoms. The van der Waals surface area contributed by atoms with E-state index in [0.717, 1.165) is 6.54 Å². The first-order valence-corrected chi connectivity index (χ1v) is 5.52. The van der Waals surface area contributed by atoms with Crippen LogP contribution in [0.5, 0.6) is 0 Å². The molecule has 0 aromatic carbocycles. The lowest BCUT2D eigenvalue weighted by molar-refractivity contribution is 0.0697. The van der Waals surface area contributed by atoms with E-state index in [1.54, 1.807) is 12.3 Å². The summed E-state index contributed by atoms with van der Waals surface area (Å²) in [6.45, 7) is 3.06. The number of carbonyl (C=O) groups is 1. The second kappa shape index (κ2) is 4.12. The Morgan fingerprint density at radius 3 is 2.94 bits per heavy atom. The number of carboxylic acids is 1. The van der Waals surface area contributed by atoms with E-state index in [2.05, 4.69) is 17.2 Å². The third kappa shape index (κ3) is 2.15. The van der Waals surface area contributed by atoms with Crippen molar-refractivity contribution in [3.63, 3.8) is 0 Å². The molecule has 4 heteroatoms. The Labute approximate surface area is 94.7 Å². The molecule has 1 aromatic heterocycles. The molecule has 2 N–H and O–H groups in total. The number of aromatic carboxylic acids is 1. The van der Waals surface area contributed by atoms with Gasteiger partial charge in [-0.25, -0.2) is 4.79 Å². The van der Waals surface area contributed by atoms with Crippen molar-refractivity contribution in [3.8, 4) is 0 Å². The van der Waals surface area contributed by atoms with Crippen molar-refractivity contribution in [1.82, 2.24) is 4.98 Å². The van der Waals surface area contributed by atoms with Crippen molar-refractivity contribution in [2.45, 2.75) is 26.2 Å². The van der Waals surface area contributed by atoms with Gasteiger partial charge < -0.3 is 10.4 Å². The van der Waals surface area contributed by atoms with Crippen molar-refractivity contribution in [1.29, 1.82) is 0 Å². The number of carboxylic acid groups (broad SMARTS) is 1. The molecule has 86 valence electrons. The van der Waals surface area contributed by atoms with E-state index in [0.29, 0.717) is 11.1 Å². The summed E-state index contributed by atoms with van der Waals surface area (Å²) >= 11 is 0. The summed E-state index contributed by atoms with van der Waals surface area (Å²) in [5, 5.41) is 12.2. The maximum Gasteiger partial charge on any atom is 0.339 e. The topological polar surface area (TPSA) is 62.2 Å². The molecule has 0 unspecified atom stereocenters. The van der Waals surface area contributed by atoms with Gasteiger partial charge in [-0.3, -0.25) is 4.98 Å². The number of aromatic nitrogens is 1. The minimum atomic E-state index is -0.936. The fourth-order valence-electron chi connectivity index (χ4n) is 1.98. The highest BCUT2D eigenvalue weighted by molar-refractivity contribution is 5.93. The van der Waals surface area contributed by atoms with Crippen LogP contribution in [0.15, 0.2) is 18.5 Å². The van der Waals surface area contributed by atoms with Crippen molar-refractivity contribution in [2.75, 3.05) is 11.9 Å². The van der Waals surface area contributed by atoms with Gasteiger partial charge in [0.15, 0.2) is 0 Å². The van der Waals surface area contributed by atoms with Gasteiger partial charge in [-0.1, -0.05) is 13.3 Å². The highest BCUT2D eigenvalue weighted by Crippen LogP contribution is 2.40. The van der Waals surface area contributed by atoms with Gasteiger partial charge in [0, 0.05) is 18.9 Å². The van der Waals surface area contributed by atoms with Gasteiger partial charge in [0.05, 0.1) is 5.69 Å². The molecule has 16 heavy (non-hydrogen) atoms. The van der Waals surface area contributed by atoms with Gasteiger partial charge in [0.1, 0.15) is 5.56 Å². The van der Waals surface area contributed by atoms with Crippen molar-refractivity contribution in [3.05, 3.63) is 24.0 Å². The average molecular weight is 220 g/mol. The molecule has 1 heterocycles. The second-order valence-electron chi connectivity index (χ2n) is 4.74. The zero-order valence-corrected chi connectivity index (χ0v) is 9.36. The van der Waals surface area contributed by atoms with E-state index in [4.69, 9.17) is 5.11 Å². The van der Waals surface area contributed by atoms with Crippen LogP contribution in [-0.2, 0) is 0 Å². The van der Waals surface area contributed by atoms with Crippen LogP contribution in [0.1, 0.15) is 36.5 Å². The molecule has 1 aliphatic carbocycles. The molecule has 4 nitrogen and oxygen atoms in total. The summed E-state index contributed by atoms with van der Waals surface area (Å²) in [5.41, 5.74) is 1.24. The summed E-state index contributed by atoms with van der Waals surface area (Å²) in [7, 11) is 0. The monoisotopic (exact) mass is 220 g/mol. The summed E-state index contributed by atoms with van der Waals surface area (Å²) in [4.78, 5) is 14.8. The van der Waals surface area contributed by atoms with Crippen LogP contribution in [-0.4, -0.2) is 22.6 Å². The predicted molar refractivity (Wildman–Crippen MR) is 61.6 cm³/mol. The predicted octanol–water partition coefficient (Wildman–Crippen LogP) is 2.38. The molecule has 1 fully saturated rings. The van der Waals surface area contributed by atoms with E-state index in [-0.39, 0.29) is 5.56 Å². The van der Waals surface area contributed by atoms with Crippen LogP contribution in [0.2, 0.25) is 0 Å². The maximum absolute atomic E-state index is 10.9. The Hall–Kier alpha value is -1.58. The summed E-state index contributed by atoms with van der Waals surface area (Å²) in [5.74, 6) is -0.936. The van der Waals surface area contributed by atoms with Crippen molar-refractivity contribution in [2.24, 2.45) is 5.41 Å². The Morgan fingerprint density at radius 2 is 2.38 bits per heavy atom. The molecule has 0 saturated heterocycles. The Balaban J connectivity index is 2.06. The van der Waals surface area contributed by atoms with E-state index >= 15 is 0 Å². The van der Waals surface area contributed by atoms with E-state index < -0.39 is 5.97 Å². The molecular weight excluding hydrogens is 204 g/mol. The van der Waals surface area contributed by atoms with Gasteiger partial charge in [0.2, 0.25) is 0 Å². The third-order valence-corrected chi connectivity index (χ3v) is 3.32. The molecule has 1 aliphatic rings.